The second-order valence-electron chi connectivity index (χ2n) is 4.49. The molecule has 0 saturated heterocycles. The van der Waals surface area contributed by atoms with Gasteiger partial charge in [0, 0.05) is 0 Å². The van der Waals surface area contributed by atoms with E-state index < -0.39 is 0 Å². The molecule has 0 unspecified atom stereocenters. The lowest BCUT2D eigenvalue weighted by Gasteiger charge is -2.18. The second-order valence-corrected chi connectivity index (χ2v) is 4.49. The lowest BCUT2D eigenvalue weighted by atomic mass is 9.88. The first-order valence-electron chi connectivity index (χ1n) is 4.12. The predicted octanol–water partition coefficient (Wildman–Crippen LogP) is 3.49. The highest BCUT2D eigenvalue weighted by Gasteiger charge is 2.09. The minimum Gasteiger partial charge on any atom is -0.255 e. The van der Waals surface area contributed by atoms with Gasteiger partial charge in [0.05, 0.1) is 0 Å². The Morgan fingerprint density at radius 2 is 1.45 bits per heavy atom. The Hall–Kier alpha value is -0.0800. The molecule has 0 aliphatic heterocycles. The molecule has 0 fully saturated rings. The maximum atomic E-state index is 6.00. The lowest BCUT2D eigenvalue weighted by molar-refractivity contribution is -0.176. The number of hydrogen-bond donors (Lipinski definition) is 2. The molecule has 0 radical (unpaired) electrons. The van der Waals surface area contributed by atoms with Crippen LogP contribution in [0.1, 0.15) is 47.5 Å². The summed E-state index contributed by atoms with van der Waals surface area (Å²) in [5, 5.41) is 12.0. The summed E-state index contributed by atoms with van der Waals surface area (Å²) in [7, 11) is 0. The van der Waals surface area contributed by atoms with Gasteiger partial charge >= 0.3 is 0 Å². The van der Waals surface area contributed by atoms with Gasteiger partial charge in [0.25, 0.3) is 0 Å². The molecule has 0 aliphatic rings. The van der Waals surface area contributed by atoms with E-state index in [1.54, 1.807) is 0 Å². The average Bonchev–Trinajstić information content (AvgIpc) is 1.87. The van der Waals surface area contributed by atoms with Crippen LogP contribution in [0, 0.1) is 11.3 Å². The molecular weight excluding hydrogens is 140 g/mol. The van der Waals surface area contributed by atoms with E-state index in [0.29, 0.717) is 5.41 Å². The standard InChI is InChI=1S/C9H20.H2O2/c1-8(2)6-7-9(3,4)5;1-2/h8H,6-7H2,1-5H3;1-2H. The fourth-order valence-electron chi connectivity index (χ4n) is 0.722. The van der Waals surface area contributed by atoms with Crippen LogP contribution in [0.4, 0.5) is 0 Å². The number of hydrogen-bond acceptors (Lipinski definition) is 2. The Kier molecular flexibility index (Phi) is 8.13. The van der Waals surface area contributed by atoms with E-state index in [4.69, 9.17) is 10.5 Å². The Morgan fingerprint density at radius 1 is 1.09 bits per heavy atom. The van der Waals surface area contributed by atoms with E-state index in [-0.39, 0.29) is 0 Å². The molecule has 0 saturated carbocycles. The maximum absolute atomic E-state index is 6.00. The fourth-order valence-corrected chi connectivity index (χ4v) is 0.722. The molecule has 70 valence electrons. The van der Waals surface area contributed by atoms with E-state index in [0.717, 1.165) is 5.92 Å². The average molecular weight is 162 g/mol. The van der Waals surface area contributed by atoms with E-state index >= 15 is 0 Å². The van der Waals surface area contributed by atoms with Gasteiger partial charge in [-0.2, -0.15) is 0 Å². The van der Waals surface area contributed by atoms with Gasteiger partial charge < -0.3 is 0 Å². The molecule has 0 rings (SSSR count). The van der Waals surface area contributed by atoms with Crippen molar-refractivity contribution in [1.29, 1.82) is 0 Å². The van der Waals surface area contributed by atoms with Crippen LogP contribution in [-0.4, -0.2) is 10.5 Å². The molecule has 0 bridgehead atoms. The van der Waals surface area contributed by atoms with E-state index in [9.17, 15) is 0 Å². The Bertz CT molecular complexity index is 72.1. The van der Waals surface area contributed by atoms with Crippen molar-refractivity contribution < 1.29 is 10.5 Å². The third-order valence-corrected chi connectivity index (χ3v) is 1.47. The van der Waals surface area contributed by atoms with Crippen molar-refractivity contribution >= 4 is 0 Å². The van der Waals surface area contributed by atoms with Gasteiger partial charge in [-0.1, -0.05) is 41.0 Å². The predicted molar refractivity (Wildman–Crippen MR) is 48.8 cm³/mol. The summed E-state index contributed by atoms with van der Waals surface area (Å²) in [5.74, 6) is 0.865. The van der Waals surface area contributed by atoms with Crippen molar-refractivity contribution in [3.8, 4) is 0 Å². The van der Waals surface area contributed by atoms with Crippen LogP contribution in [-0.2, 0) is 0 Å². The molecule has 0 aromatic rings. The molecule has 0 atom stereocenters. The van der Waals surface area contributed by atoms with Crippen molar-refractivity contribution in [1.82, 2.24) is 0 Å². The van der Waals surface area contributed by atoms with Crippen LogP contribution in [0.5, 0.6) is 0 Å². The molecular formula is C9H22O2. The maximum Gasteiger partial charge on any atom is -0.0383 e. The summed E-state index contributed by atoms with van der Waals surface area (Å²) < 4.78 is 0. The van der Waals surface area contributed by atoms with Crippen LogP contribution < -0.4 is 0 Å². The first kappa shape index (κ1) is 13.5. The third kappa shape index (κ3) is 17.8. The van der Waals surface area contributed by atoms with Crippen molar-refractivity contribution in [2.24, 2.45) is 11.3 Å². The smallest absolute Gasteiger partial charge is 0.0383 e. The summed E-state index contributed by atoms with van der Waals surface area (Å²) in [6.45, 7) is 11.5. The van der Waals surface area contributed by atoms with Gasteiger partial charge in [0.2, 0.25) is 0 Å². The molecule has 0 aromatic heterocycles. The lowest BCUT2D eigenvalue weighted by Crippen LogP contribution is -2.05. The minimum atomic E-state index is 0.532. The van der Waals surface area contributed by atoms with Crippen LogP contribution in [0.15, 0.2) is 0 Å². The molecule has 0 heterocycles. The summed E-state index contributed by atoms with van der Waals surface area (Å²) in [6, 6.07) is 0. The third-order valence-electron chi connectivity index (χ3n) is 1.47. The second kappa shape index (κ2) is 6.62. The zero-order chi connectivity index (χ0) is 9.49. The minimum absolute atomic E-state index is 0.532. The topological polar surface area (TPSA) is 40.5 Å². The van der Waals surface area contributed by atoms with Crippen molar-refractivity contribution in [3.05, 3.63) is 0 Å². The molecule has 0 spiro atoms. The zero-order valence-corrected chi connectivity index (χ0v) is 8.39. The Morgan fingerprint density at radius 3 is 1.55 bits per heavy atom. The van der Waals surface area contributed by atoms with E-state index in [2.05, 4.69) is 34.6 Å². The molecule has 0 aliphatic carbocycles. The largest absolute Gasteiger partial charge is 0.255 e. The summed E-state index contributed by atoms with van der Waals surface area (Å²) >= 11 is 0. The molecule has 0 amide bonds. The van der Waals surface area contributed by atoms with E-state index in [1.165, 1.54) is 12.8 Å². The first-order chi connectivity index (χ1) is 4.92. The van der Waals surface area contributed by atoms with Crippen LogP contribution in [0.2, 0.25) is 0 Å². The molecule has 2 heteroatoms. The summed E-state index contributed by atoms with van der Waals surface area (Å²) in [4.78, 5) is 0. The quantitative estimate of drug-likeness (QED) is 0.482. The van der Waals surface area contributed by atoms with Gasteiger partial charge in [-0.25, -0.2) is 0 Å². The molecule has 2 nitrogen and oxygen atoms in total. The zero-order valence-electron chi connectivity index (χ0n) is 8.39. The van der Waals surface area contributed by atoms with Crippen molar-refractivity contribution in [2.45, 2.75) is 47.5 Å². The van der Waals surface area contributed by atoms with Crippen molar-refractivity contribution in [3.63, 3.8) is 0 Å². The van der Waals surface area contributed by atoms with Crippen molar-refractivity contribution in [2.75, 3.05) is 0 Å². The Labute approximate surface area is 70.2 Å². The Balaban J connectivity index is 0. The van der Waals surface area contributed by atoms with Crippen LogP contribution in [0.25, 0.3) is 0 Å². The highest BCUT2D eigenvalue weighted by atomic mass is 17.0. The van der Waals surface area contributed by atoms with Crippen LogP contribution in [0.3, 0.4) is 0 Å². The highest BCUT2D eigenvalue weighted by Crippen LogP contribution is 2.22. The fraction of sp³-hybridized carbons (Fsp3) is 1.00. The summed E-state index contributed by atoms with van der Waals surface area (Å²) in [5.41, 5.74) is 0.532. The number of rotatable bonds is 2. The highest BCUT2D eigenvalue weighted by molar-refractivity contribution is 4.61. The van der Waals surface area contributed by atoms with Gasteiger partial charge in [0.15, 0.2) is 0 Å². The molecule has 0 aromatic carbocycles. The normalized spacial score (nSPS) is 10.9. The van der Waals surface area contributed by atoms with Gasteiger partial charge in [-0.05, 0) is 17.8 Å². The van der Waals surface area contributed by atoms with Gasteiger partial charge in [-0.15, -0.1) is 0 Å². The molecule has 2 N–H and O–H groups in total. The summed E-state index contributed by atoms with van der Waals surface area (Å²) in [6.07, 6.45) is 2.72. The van der Waals surface area contributed by atoms with Crippen LogP contribution >= 0.6 is 0 Å². The monoisotopic (exact) mass is 162 g/mol. The SMILES string of the molecule is CC(C)CCC(C)(C)C.OO. The first-order valence-corrected chi connectivity index (χ1v) is 4.12. The molecule has 11 heavy (non-hydrogen) atoms. The van der Waals surface area contributed by atoms with Gasteiger partial charge in [0.1, 0.15) is 0 Å². The van der Waals surface area contributed by atoms with Gasteiger partial charge in [-0.3, -0.25) is 10.5 Å². The van der Waals surface area contributed by atoms with E-state index in [1.807, 2.05) is 0 Å².